The minimum atomic E-state index is 0.237. The molecule has 27 heavy (non-hydrogen) atoms. The van der Waals surface area contributed by atoms with E-state index in [0.29, 0.717) is 0 Å². The molecule has 3 heteroatoms. The van der Waals surface area contributed by atoms with Crippen LogP contribution in [0.15, 0.2) is 89.3 Å². The Bertz CT molecular complexity index is 1430. The van der Waals surface area contributed by atoms with Crippen molar-refractivity contribution >= 4 is 43.7 Å². The van der Waals surface area contributed by atoms with Gasteiger partial charge in [-0.2, -0.15) is 0 Å². The van der Waals surface area contributed by atoms with Crippen molar-refractivity contribution in [2.45, 2.75) is 0 Å². The highest BCUT2D eigenvalue weighted by Gasteiger charge is 2.17. The van der Waals surface area contributed by atoms with Gasteiger partial charge in [0.2, 0.25) is 0 Å². The lowest BCUT2D eigenvalue weighted by Gasteiger charge is -2.10. The standard InChI is InChI=1S/C24H15NO2/c26-22-13-18-17-9-3-6-12-23(17)27-24(18)14-21(22)25-19-10-4-1-7-15(19)16-8-2-5-11-20(16)25/h1-14,26H. The van der Waals surface area contributed by atoms with Crippen LogP contribution in [0.2, 0.25) is 0 Å². The van der Waals surface area contributed by atoms with E-state index < -0.39 is 0 Å². The van der Waals surface area contributed by atoms with Crippen molar-refractivity contribution in [3.8, 4) is 11.4 Å². The Morgan fingerprint density at radius 1 is 0.593 bits per heavy atom. The monoisotopic (exact) mass is 349 g/mol. The topological polar surface area (TPSA) is 38.3 Å². The first-order chi connectivity index (χ1) is 13.3. The Kier molecular flexibility index (Phi) is 2.75. The number of hydrogen-bond acceptors (Lipinski definition) is 2. The first kappa shape index (κ1) is 14.4. The number of hydrogen-bond donors (Lipinski definition) is 1. The highest BCUT2D eigenvalue weighted by atomic mass is 16.3. The maximum absolute atomic E-state index is 10.9. The highest BCUT2D eigenvalue weighted by Crippen LogP contribution is 2.39. The second-order valence-electron chi connectivity index (χ2n) is 6.81. The molecule has 0 spiro atoms. The van der Waals surface area contributed by atoms with Gasteiger partial charge in [-0.15, -0.1) is 0 Å². The molecule has 6 rings (SSSR count). The van der Waals surface area contributed by atoms with Gasteiger partial charge in [0.1, 0.15) is 16.9 Å². The largest absolute Gasteiger partial charge is 0.506 e. The third kappa shape index (κ3) is 1.91. The molecule has 0 bridgehead atoms. The van der Waals surface area contributed by atoms with Gasteiger partial charge in [-0.1, -0.05) is 54.6 Å². The molecule has 2 heterocycles. The van der Waals surface area contributed by atoms with Crippen LogP contribution in [0.3, 0.4) is 0 Å². The summed E-state index contributed by atoms with van der Waals surface area (Å²) in [6, 6.07) is 28.2. The number of rotatable bonds is 1. The molecule has 0 saturated heterocycles. The zero-order valence-corrected chi connectivity index (χ0v) is 14.4. The maximum Gasteiger partial charge on any atom is 0.140 e. The first-order valence-electron chi connectivity index (χ1n) is 8.94. The van der Waals surface area contributed by atoms with Crippen LogP contribution in [0, 0.1) is 0 Å². The summed E-state index contributed by atoms with van der Waals surface area (Å²) in [5.41, 5.74) is 4.44. The molecular formula is C24H15NO2. The zero-order chi connectivity index (χ0) is 18.0. The van der Waals surface area contributed by atoms with Gasteiger partial charge in [0.15, 0.2) is 0 Å². The quantitative estimate of drug-likeness (QED) is 0.373. The molecule has 6 aromatic rings. The number of phenols is 1. The Balaban J connectivity index is 1.77. The highest BCUT2D eigenvalue weighted by molar-refractivity contribution is 6.10. The predicted octanol–water partition coefficient (Wildman–Crippen LogP) is 6.39. The number of fused-ring (bicyclic) bond motifs is 6. The van der Waals surface area contributed by atoms with Gasteiger partial charge in [0.25, 0.3) is 0 Å². The summed E-state index contributed by atoms with van der Waals surface area (Å²) in [6.07, 6.45) is 0. The zero-order valence-electron chi connectivity index (χ0n) is 14.4. The minimum Gasteiger partial charge on any atom is -0.506 e. The second kappa shape index (κ2) is 5.15. The summed E-state index contributed by atoms with van der Waals surface area (Å²) in [5.74, 6) is 0.237. The van der Waals surface area contributed by atoms with E-state index in [1.54, 1.807) is 6.07 Å². The van der Waals surface area contributed by atoms with Crippen molar-refractivity contribution in [3.63, 3.8) is 0 Å². The van der Waals surface area contributed by atoms with Crippen LogP contribution in [0.5, 0.6) is 5.75 Å². The smallest absolute Gasteiger partial charge is 0.140 e. The summed E-state index contributed by atoms with van der Waals surface area (Å²) in [5, 5.41) is 15.2. The van der Waals surface area contributed by atoms with Gasteiger partial charge < -0.3 is 14.1 Å². The van der Waals surface area contributed by atoms with Gasteiger partial charge in [-0.05, 0) is 24.3 Å². The van der Waals surface area contributed by atoms with E-state index in [9.17, 15) is 5.11 Å². The maximum atomic E-state index is 10.9. The Morgan fingerprint density at radius 2 is 1.19 bits per heavy atom. The lowest BCUT2D eigenvalue weighted by molar-refractivity contribution is 0.473. The summed E-state index contributed by atoms with van der Waals surface area (Å²) in [6.45, 7) is 0. The Hall–Kier alpha value is -3.72. The predicted molar refractivity (Wildman–Crippen MR) is 110 cm³/mol. The number of aromatic nitrogens is 1. The molecule has 0 unspecified atom stereocenters. The number of phenolic OH excluding ortho intramolecular Hbond substituents is 1. The van der Waals surface area contributed by atoms with Crippen molar-refractivity contribution < 1.29 is 9.52 Å². The summed E-state index contributed by atoms with van der Waals surface area (Å²) in [4.78, 5) is 0. The van der Waals surface area contributed by atoms with Gasteiger partial charge in [-0.3, -0.25) is 0 Å². The SMILES string of the molecule is Oc1cc2c(cc1-n1c3ccccc3c3ccccc31)oc1ccccc12. The lowest BCUT2D eigenvalue weighted by Crippen LogP contribution is -1.94. The fourth-order valence-electron chi connectivity index (χ4n) is 4.11. The molecule has 0 aliphatic heterocycles. The van der Waals surface area contributed by atoms with E-state index in [2.05, 4.69) is 28.8 Å². The number of nitrogens with zero attached hydrogens (tertiary/aromatic N) is 1. The van der Waals surface area contributed by atoms with Gasteiger partial charge in [-0.25, -0.2) is 0 Å². The van der Waals surface area contributed by atoms with Gasteiger partial charge >= 0.3 is 0 Å². The van der Waals surface area contributed by atoms with Crippen LogP contribution in [-0.2, 0) is 0 Å². The second-order valence-corrected chi connectivity index (χ2v) is 6.81. The molecule has 128 valence electrons. The lowest BCUT2D eigenvalue weighted by atomic mass is 10.1. The molecule has 0 aliphatic rings. The van der Waals surface area contributed by atoms with E-state index in [0.717, 1.165) is 49.4 Å². The van der Waals surface area contributed by atoms with Crippen molar-refractivity contribution in [2.75, 3.05) is 0 Å². The van der Waals surface area contributed by atoms with Gasteiger partial charge in [0, 0.05) is 27.6 Å². The summed E-state index contributed by atoms with van der Waals surface area (Å²) < 4.78 is 8.15. The molecule has 2 aromatic heterocycles. The molecule has 1 N–H and O–H groups in total. The van der Waals surface area contributed by atoms with Crippen molar-refractivity contribution in [3.05, 3.63) is 84.9 Å². The van der Waals surface area contributed by atoms with Crippen molar-refractivity contribution in [2.24, 2.45) is 0 Å². The third-order valence-corrected chi connectivity index (χ3v) is 5.29. The third-order valence-electron chi connectivity index (χ3n) is 5.29. The molecule has 4 aromatic carbocycles. The number of furan rings is 1. The van der Waals surface area contributed by atoms with Crippen LogP contribution < -0.4 is 0 Å². The number of aromatic hydroxyl groups is 1. The van der Waals surface area contributed by atoms with E-state index in [1.165, 1.54) is 0 Å². The minimum absolute atomic E-state index is 0.237. The van der Waals surface area contributed by atoms with E-state index in [-0.39, 0.29) is 5.75 Å². The van der Waals surface area contributed by atoms with E-state index in [1.807, 2.05) is 54.6 Å². The molecule has 0 fully saturated rings. The van der Waals surface area contributed by atoms with Gasteiger partial charge in [0.05, 0.1) is 16.7 Å². The van der Waals surface area contributed by atoms with Crippen LogP contribution >= 0.6 is 0 Å². The molecule has 0 amide bonds. The van der Waals surface area contributed by atoms with Crippen LogP contribution in [0.25, 0.3) is 49.4 Å². The van der Waals surface area contributed by atoms with E-state index in [4.69, 9.17) is 4.42 Å². The summed E-state index contributed by atoms with van der Waals surface area (Å²) >= 11 is 0. The average Bonchev–Trinajstić information content (AvgIpc) is 3.23. The summed E-state index contributed by atoms with van der Waals surface area (Å²) in [7, 11) is 0. The molecule has 0 saturated carbocycles. The normalized spacial score (nSPS) is 11.9. The Morgan fingerprint density at radius 3 is 1.89 bits per heavy atom. The fraction of sp³-hybridized carbons (Fsp3) is 0. The fourth-order valence-corrected chi connectivity index (χ4v) is 4.11. The molecule has 0 radical (unpaired) electrons. The Labute approximate surface area is 154 Å². The van der Waals surface area contributed by atoms with Crippen LogP contribution in [0.4, 0.5) is 0 Å². The first-order valence-corrected chi connectivity index (χ1v) is 8.94. The average molecular weight is 349 g/mol. The number of benzene rings is 4. The number of para-hydroxylation sites is 3. The van der Waals surface area contributed by atoms with Crippen LogP contribution in [0.1, 0.15) is 0 Å². The molecular weight excluding hydrogens is 334 g/mol. The van der Waals surface area contributed by atoms with Crippen LogP contribution in [-0.4, -0.2) is 9.67 Å². The van der Waals surface area contributed by atoms with Crippen molar-refractivity contribution in [1.82, 2.24) is 4.57 Å². The molecule has 0 atom stereocenters. The molecule has 3 nitrogen and oxygen atoms in total. The van der Waals surface area contributed by atoms with E-state index >= 15 is 0 Å². The molecule has 0 aliphatic carbocycles. The van der Waals surface area contributed by atoms with Crippen molar-refractivity contribution in [1.29, 1.82) is 0 Å².